The monoisotopic (exact) mass is 411 g/mol. The van der Waals surface area contributed by atoms with E-state index < -0.39 is 0 Å². The molecule has 0 aliphatic heterocycles. The van der Waals surface area contributed by atoms with Gasteiger partial charge in [0.2, 0.25) is 0 Å². The topological polar surface area (TPSA) is 55.3 Å². The van der Waals surface area contributed by atoms with E-state index in [0.29, 0.717) is 17.8 Å². The molecule has 5 heteroatoms. The van der Waals surface area contributed by atoms with Gasteiger partial charge in [-0.05, 0) is 37.2 Å². The van der Waals surface area contributed by atoms with Crippen LogP contribution in [-0.2, 0) is 11.3 Å². The Morgan fingerprint density at radius 1 is 1.03 bits per heavy atom. The molecule has 0 spiro atoms. The van der Waals surface area contributed by atoms with Crippen molar-refractivity contribution < 1.29 is 9.53 Å². The van der Waals surface area contributed by atoms with E-state index in [1.54, 1.807) is 6.20 Å². The van der Waals surface area contributed by atoms with E-state index in [9.17, 15) is 4.79 Å². The van der Waals surface area contributed by atoms with Gasteiger partial charge in [-0.25, -0.2) is 4.79 Å². The number of carbonyl (C=O) groups is 1. The van der Waals surface area contributed by atoms with E-state index >= 15 is 0 Å². The van der Waals surface area contributed by atoms with Crippen molar-refractivity contribution in [1.82, 2.24) is 14.9 Å². The van der Waals surface area contributed by atoms with Gasteiger partial charge in [0.1, 0.15) is 0 Å². The zero-order valence-corrected chi connectivity index (χ0v) is 17.9. The number of methoxy groups -OCH3 is 1. The lowest BCUT2D eigenvalue weighted by atomic mass is 9.93. The van der Waals surface area contributed by atoms with E-state index in [0.717, 1.165) is 27.6 Å². The van der Waals surface area contributed by atoms with Crippen molar-refractivity contribution in [2.75, 3.05) is 14.2 Å². The summed E-state index contributed by atoms with van der Waals surface area (Å²) in [4.78, 5) is 24.3. The molecule has 156 valence electrons. The smallest absolute Gasteiger partial charge is 0.340 e. The number of hydrogen-bond acceptors (Lipinski definition) is 5. The molecular formula is C26H25N3O2. The largest absolute Gasteiger partial charge is 0.465 e. The molecule has 4 aromatic rings. The highest BCUT2D eigenvalue weighted by Gasteiger charge is 2.24. The lowest BCUT2D eigenvalue weighted by molar-refractivity contribution is 0.0598. The number of para-hydroxylation sites is 1. The Kier molecular flexibility index (Phi) is 6.05. The minimum atomic E-state index is -0.380. The quantitative estimate of drug-likeness (QED) is 0.404. The zero-order chi connectivity index (χ0) is 21.8. The summed E-state index contributed by atoms with van der Waals surface area (Å²) >= 11 is 0. The van der Waals surface area contributed by atoms with Crippen molar-refractivity contribution in [3.63, 3.8) is 0 Å². The summed E-state index contributed by atoms with van der Waals surface area (Å²) < 4.78 is 5.21. The summed E-state index contributed by atoms with van der Waals surface area (Å²) in [6.07, 6.45) is 3.63. The number of aromatic nitrogens is 2. The van der Waals surface area contributed by atoms with Crippen LogP contribution in [0.4, 0.5) is 0 Å². The number of nitrogens with zero attached hydrogens (tertiary/aromatic N) is 3. The fourth-order valence-electron chi connectivity index (χ4n) is 3.85. The van der Waals surface area contributed by atoms with Gasteiger partial charge in [-0.1, -0.05) is 54.6 Å². The van der Waals surface area contributed by atoms with Crippen LogP contribution in [0.3, 0.4) is 0 Å². The Morgan fingerprint density at radius 2 is 1.77 bits per heavy atom. The molecule has 0 fully saturated rings. The second-order valence-corrected chi connectivity index (χ2v) is 7.56. The van der Waals surface area contributed by atoms with Crippen molar-refractivity contribution in [3.8, 4) is 11.1 Å². The highest BCUT2D eigenvalue weighted by Crippen LogP contribution is 2.34. The second-order valence-electron chi connectivity index (χ2n) is 7.56. The molecule has 0 bridgehead atoms. The first kappa shape index (κ1) is 20.7. The normalized spacial score (nSPS) is 12.1. The molecule has 0 amide bonds. The van der Waals surface area contributed by atoms with Gasteiger partial charge in [0.15, 0.2) is 0 Å². The van der Waals surface area contributed by atoms with E-state index in [1.807, 2.05) is 73.9 Å². The van der Waals surface area contributed by atoms with E-state index in [4.69, 9.17) is 9.72 Å². The lowest BCUT2D eigenvalue weighted by Crippen LogP contribution is -2.24. The summed E-state index contributed by atoms with van der Waals surface area (Å²) in [5.74, 6) is -0.380. The number of rotatable bonds is 6. The number of fused-ring (bicyclic) bond motifs is 1. The molecule has 0 radical (unpaired) electrons. The molecule has 0 aliphatic carbocycles. The minimum Gasteiger partial charge on any atom is -0.465 e. The maximum absolute atomic E-state index is 13.0. The second kappa shape index (κ2) is 9.06. The SMILES string of the molecule is COC(=O)c1c(CN(C)C(C)c2cccnc2)nc2ccccc2c1-c1ccccc1. The van der Waals surface area contributed by atoms with Gasteiger partial charge >= 0.3 is 5.97 Å². The van der Waals surface area contributed by atoms with Crippen LogP contribution >= 0.6 is 0 Å². The van der Waals surface area contributed by atoms with Crippen molar-refractivity contribution in [3.05, 3.63) is 95.9 Å². The Labute approximate surface area is 182 Å². The molecule has 0 aliphatic rings. The highest BCUT2D eigenvalue weighted by molar-refractivity contribution is 6.07. The van der Waals surface area contributed by atoms with Gasteiger partial charge in [0.05, 0.1) is 23.9 Å². The first-order valence-corrected chi connectivity index (χ1v) is 10.3. The van der Waals surface area contributed by atoms with Gasteiger partial charge in [-0.2, -0.15) is 0 Å². The van der Waals surface area contributed by atoms with Gasteiger partial charge in [0, 0.05) is 35.9 Å². The summed E-state index contributed by atoms with van der Waals surface area (Å²) in [7, 11) is 3.44. The summed E-state index contributed by atoms with van der Waals surface area (Å²) in [6, 6.07) is 22.0. The molecular weight excluding hydrogens is 386 g/mol. The standard InChI is InChI=1S/C26H25N3O2/c1-18(20-12-9-15-27-16-20)29(2)17-23-25(26(30)31-3)24(19-10-5-4-6-11-19)21-13-7-8-14-22(21)28-23/h4-16,18H,17H2,1-3H3. The van der Waals surface area contributed by atoms with Crippen molar-refractivity contribution in [2.24, 2.45) is 0 Å². The third-order valence-electron chi connectivity index (χ3n) is 5.65. The fraction of sp³-hybridized carbons (Fsp3) is 0.192. The summed E-state index contributed by atoms with van der Waals surface area (Å²) in [5, 5.41) is 0.931. The molecule has 1 atom stereocenters. The molecule has 2 heterocycles. The molecule has 31 heavy (non-hydrogen) atoms. The van der Waals surface area contributed by atoms with Crippen molar-refractivity contribution in [2.45, 2.75) is 19.5 Å². The molecule has 0 N–H and O–H groups in total. The van der Waals surface area contributed by atoms with Crippen LogP contribution in [0.25, 0.3) is 22.0 Å². The molecule has 4 rings (SSSR count). The number of esters is 1. The van der Waals surface area contributed by atoms with Gasteiger partial charge in [0.25, 0.3) is 0 Å². The molecule has 2 aromatic heterocycles. The summed E-state index contributed by atoms with van der Waals surface area (Å²) in [6.45, 7) is 2.61. The Hall–Kier alpha value is -3.57. The van der Waals surface area contributed by atoms with E-state index in [2.05, 4.69) is 22.9 Å². The number of pyridine rings is 2. The van der Waals surface area contributed by atoms with Gasteiger partial charge in [-0.15, -0.1) is 0 Å². The molecule has 0 saturated heterocycles. The fourth-order valence-corrected chi connectivity index (χ4v) is 3.85. The molecule has 1 unspecified atom stereocenters. The van der Waals surface area contributed by atoms with Crippen LogP contribution in [-0.4, -0.2) is 35.0 Å². The molecule has 5 nitrogen and oxygen atoms in total. The molecule has 2 aromatic carbocycles. The Morgan fingerprint density at radius 3 is 2.48 bits per heavy atom. The maximum atomic E-state index is 13.0. The van der Waals surface area contributed by atoms with Crippen LogP contribution in [0.5, 0.6) is 0 Å². The number of ether oxygens (including phenoxy) is 1. The highest BCUT2D eigenvalue weighted by atomic mass is 16.5. The van der Waals surface area contributed by atoms with Crippen LogP contribution < -0.4 is 0 Å². The average Bonchev–Trinajstić information content (AvgIpc) is 2.83. The van der Waals surface area contributed by atoms with Crippen LogP contribution in [0.2, 0.25) is 0 Å². The lowest BCUT2D eigenvalue weighted by Gasteiger charge is -2.26. The molecule has 0 saturated carbocycles. The summed E-state index contributed by atoms with van der Waals surface area (Å²) in [5.41, 5.74) is 4.99. The van der Waals surface area contributed by atoms with Crippen molar-refractivity contribution >= 4 is 16.9 Å². The predicted octanol–water partition coefficient (Wildman–Crippen LogP) is 5.28. The maximum Gasteiger partial charge on any atom is 0.340 e. The van der Waals surface area contributed by atoms with Crippen LogP contribution in [0, 0.1) is 0 Å². The van der Waals surface area contributed by atoms with E-state index in [1.165, 1.54) is 7.11 Å². The minimum absolute atomic E-state index is 0.104. The number of hydrogen-bond donors (Lipinski definition) is 0. The van der Waals surface area contributed by atoms with Crippen molar-refractivity contribution in [1.29, 1.82) is 0 Å². The predicted molar refractivity (Wildman–Crippen MR) is 123 cm³/mol. The third kappa shape index (κ3) is 4.18. The number of benzene rings is 2. The first-order valence-electron chi connectivity index (χ1n) is 10.3. The van der Waals surface area contributed by atoms with Gasteiger partial charge < -0.3 is 4.74 Å². The Bertz CT molecular complexity index is 1190. The number of carbonyl (C=O) groups excluding carboxylic acids is 1. The third-order valence-corrected chi connectivity index (χ3v) is 5.65. The Balaban J connectivity index is 1.88. The van der Waals surface area contributed by atoms with Crippen LogP contribution in [0.1, 0.15) is 34.6 Å². The first-order chi connectivity index (χ1) is 15.1. The zero-order valence-electron chi connectivity index (χ0n) is 17.9. The average molecular weight is 412 g/mol. The van der Waals surface area contributed by atoms with E-state index in [-0.39, 0.29) is 12.0 Å². The van der Waals surface area contributed by atoms with Gasteiger partial charge in [-0.3, -0.25) is 14.9 Å². The van der Waals surface area contributed by atoms with Crippen LogP contribution in [0.15, 0.2) is 79.1 Å².